The molecule has 1 amide bonds. The maximum absolute atomic E-state index is 14.3. The summed E-state index contributed by atoms with van der Waals surface area (Å²) >= 11 is 0. The van der Waals surface area contributed by atoms with E-state index in [4.69, 9.17) is 4.74 Å². The molecule has 31 heavy (non-hydrogen) atoms. The van der Waals surface area contributed by atoms with Gasteiger partial charge in [0.2, 0.25) is 0 Å². The van der Waals surface area contributed by atoms with Gasteiger partial charge in [0, 0.05) is 36.9 Å². The molecule has 0 radical (unpaired) electrons. The number of amides is 1. The maximum atomic E-state index is 14.3. The number of allylic oxidation sites excluding steroid dienone is 1. The number of aliphatic imine (C=N–C) groups is 1. The number of ether oxygens (including phenoxy) is 1. The predicted molar refractivity (Wildman–Crippen MR) is 104 cm³/mol. The summed E-state index contributed by atoms with van der Waals surface area (Å²) < 4.78 is 60.3. The van der Waals surface area contributed by atoms with E-state index in [0.29, 0.717) is 0 Å². The number of hydrogen-bond donors (Lipinski definition) is 2. The Kier molecular flexibility index (Phi) is 5.03. The van der Waals surface area contributed by atoms with Crippen molar-refractivity contribution in [2.24, 2.45) is 4.99 Å². The molecule has 4 rings (SSSR count). The Balaban J connectivity index is 1.84. The van der Waals surface area contributed by atoms with Crippen molar-refractivity contribution in [2.45, 2.75) is 44.3 Å². The van der Waals surface area contributed by atoms with Crippen LogP contribution in [0.5, 0.6) is 0 Å². The van der Waals surface area contributed by atoms with Gasteiger partial charge in [0.1, 0.15) is 17.8 Å². The van der Waals surface area contributed by atoms with E-state index >= 15 is 0 Å². The van der Waals surface area contributed by atoms with Gasteiger partial charge >= 0.3 is 12.3 Å². The third-order valence-corrected chi connectivity index (χ3v) is 5.15. The Morgan fingerprint density at radius 1 is 1.35 bits per heavy atom. The summed E-state index contributed by atoms with van der Waals surface area (Å²) in [4.78, 5) is 21.8. The molecular formula is C20H20F4N4O3. The summed E-state index contributed by atoms with van der Waals surface area (Å²) in [6.07, 6.45) is -5.28. The van der Waals surface area contributed by atoms with Gasteiger partial charge in [-0.25, -0.2) is 19.2 Å². The molecule has 1 fully saturated rings. The topological polar surface area (TPSA) is 87.0 Å². The van der Waals surface area contributed by atoms with Gasteiger partial charge in [-0.05, 0) is 26.0 Å². The van der Waals surface area contributed by atoms with Crippen LogP contribution in [0.3, 0.4) is 0 Å². The van der Waals surface area contributed by atoms with Crippen LogP contribution in [0, 0.1) is 0 Å². The lowest BCUT2D eigenvalue weighted by molar-refractivity contribution is -0.137. The molecule has 0 aliphatic carbocycles. The van der Waals surface area contributed by atoms with Crippen molar-refractivity contribution in [1.82, 2.24) is 10.3 Å². The number of hydrogen-bond acceptors (Lipinski definition) is 6. The number of aromatic nitrogens is 1. The molecule has 7 nitrogen and oxygen atoms in total. The Hall–Kier alpha value is -2.95. The van der Waals surface area contributed by atoms with E-state index in [9.17, 15) is 27.5 Å². The van der Waals surface area contributed by atoms with E-state index in [0.717, 1.165) is 12.1 Å². The van der Waals surface area contributed by atoms with Gasteiger partial charge in [-0.2, -0.15) is 13.2 Å². The zero-order valence-corrected chi connectivity index (χ0v) is 16.7. The van der Waals surface area contributed by atoms with Crippen LogP contribution in [0.2, 0.25) is 0 Å². The fourth-order valence-corrected chi connectivity index (χ4v) is 3.79. The molecule has 0 saturated carbocycles. The SMILES string of the molecule is CC(F)[C@@H]1OC(=O)NC2=C1C(c1cc(C(F)(F)F)cc(N3CC(C)(O)C3)n1)=CCC=N2. The number of nitrogens with one attached hydrogen (secondary N) is 1. The highest BCUT2D eigenvalue weighted by molar-refractivity contribution is 5.87. The number of anilines is 1. The Morgan fingerprint density at radius 2 is 2.06 bits per heavy atom. The fourth-order valence-electron chi connectivity index (χ4n) is 3.79. The van der Waals surface area contributed by atoms with Crippen LogP contribution in [0.1, 0.15) is 31.5 Å². The molecule has 0 aromatic carbocycles. The molecule has 3 aliphatic rings. The van der Waals surface area contributed by atoms with Crippen molar-refractivity contribution < 1.29 is 32.2 Å². The van der Waals surface area contributed by atoms with Crippen molar-refractivity contribution >= 4 is 23.7 Å². The number of carbonyl (C=O) groups is 1. The smallest absolute Gasteiger partial charge is 0.416 e. The van der Waals surface area contributed by atoms with Crippen molar-refractivity contribution in [1.29, 1.82) is 0 Å². The number of alkyl halides is 4. The molecule has 1 unspecified atom stereocenters. The van der Waals surface area contributed by atoms with Crippen LogP contribution in [0.25, 0.3) is 5.57 Å². The Morgan fingerprint density at radius 3 is 2.68 bits per heavy atom. The first kappa shape index (κ1) is 21.3. The summed E-state index contributed by atoms with van der Waals surface area (Å²) in [6.45, 7) is 3.02. The van der Waals surface area contributed by atoms with Crippen molar-refractivity contribution in [3.63, 3.8) is 0 Å². The highest BCUT2D eigenvalue weighted by atomic mass is 19.4. The van der Waals surface area contributed by atoms with Crippen molar-refractivity contribution in [3.05, 3.63) is 40.9 Å². The largest absolute Gasteiger partial charge is 0.438 e. The minimum Gasteiger partial charge on any atom is -0.438 e. The van der Waals surface area contributed by atoms with Gasteiger partial charge in [0.15, 0.2) is 6.10 Å². The summed E-state index contributed by atoms with van der Waals surface area (Å²) in [6, 6.07) is 1.79. The van der Waals surface area contributed by atoms with Crippen molar-refractivity contribution in [3.8, 4) is 0 Å². The summed E-state index contributed by atoms with van der Waals surface area (Å²) in [5.41, 5.74) is -1.69. The van der Waals surface area contributed by atoms with Gasteiger partial charge < -0.3 is 14.7 Å². The molecule has 1 aromatic heterocycles. The molecule has 1 aromatic rings. The van der Waals surface area contributed by atoms with Gasteiger partial charge in [-0.1, -0.05) is 6.08 Å². The molecule has 1 saturated heterocycles. The van der Waals surface area contributed by atoms with Crippen LogP contribution in [0.15, 0.2) is 34.6 Å². The first-order chi connectivity index (χ1) is 14.4. The monoisotopic (exact) mass is 440 g/mol. The minimum absolute atomic E-state index is 0.0159. The molecule has 4 heterocycles. The molecule has 2 N–H and O–H groups in total. The number of cyclic esters (lactones) is 1. The number of rotatable bonds is 3. The van der Waals surface area contributed by atoms with Crippen molar-refractivity contribution in [2.75, 3.05) is 18.0 Å². The van der Waals surface area contributed by atoms with E-state index in [1.165, 1.54) is 18.0 Å². The third-order valence-electron chi connectivity index (χ3n) is 5.15. The number of β-amino-alcohol motifs (C(OH)–C–C–N with tert-alkyl or cyclic N) is 1. The van der Waals surface area contributed by atoms with Crippen LogP contribution in [-0.4, -0.2) is 53.4 Å². The summed E-state index contributed by atoms with van der Waals surface area (Å²) in [5.74, 6) is 0.0531. The first-order valence-electron chi connectivity index (χ1n) is 9.60. The van der Waals surface area contributed by atoms with Crippen LogP contribution < -0.4 is 10.2 Å². The fraction of sp³-hybridized carbons (Fsp3) is 0.450. The highest BCUT2D eigenvalue weighted by Gasteiger charge is 2.41. The molecule has 0 bridgehead atoms. The van der Waals surface area contributed by atoms with E-state index in [2.05, 4.69) is 15.3 Å². The lowest BCUT2D eigenvalue weighted by Gasteiger charge is -2.45. The molecular weight excluding hydrogens is 420 g/mol. The van der Waals surface area contributed by atoms with Crippen LogP contribution >= 0.6 is 0 Å². The van der Waals surface area contributed by atoms with Crippen LogP contribution in [0.4, 0.5) is 28.2 Å². The second-order valence-corrected chi connectivity index (χ2v) is 8.01. The van der Waals surface area contributed by atoms with E-state index in [1.807, 2.05) is 0 Å². The normalized spacial score (nSPS) is 23.8. The minimum atomic E-state index is -4.65. The summed E-state index contributed by atoms with van der Waals surface area (Å²) in [5, 5.41) is 12.4. The number of alkyl carbamates (subject to hydrolysis) is 1. The first-order valence-corrected chi connectivity index (χ1v) is 9.60. The second-order valence-electron chi connectivity index (χ2n) is 8.01. The molecule has 0 spiro atoms. The lowest BCUT2D eigenvalue weighted by Crippen LogP contribution is -2.60. The number of nitrogens with zero attached hydrogens (tertiary/aromatic N) is 3. The van der Waals surface area contributed by atoms with Gasteiger partial charge in [-0.15, -0.1) is 0 Å². The second kappa shape index (κ2) is 7.33. The van der Waals surface area contributed by atoms with Gasteiger partial charge in [0.05, 0.1) is 16.9 Å². The average Bonchev–Trinajstić information content (AvgIpc) is 2.86. The zero-order chi connectivity index (χ0) is 22.6. The molecule has 3 aliphatic heterocycles. The van der Waals surface area contributed by atoms with Crippen LogP contribution in [-0.2, 0) is 10.9 Å². The Labute approximate surface area is 175 Å². The molecule has 166 valence electrons. The maximum Gasteiger partial charge on any atom is 0.416 e. The molecule has 2 atom stereocenters. The predicted octanol–water partition coefficient (Wildman–Crippen LogP) is 3.21. The summed E-state index contributed by atoms with van der Waals surface area (Å²) in [7, 11) is 0. The highest BCUT2D eigenvalue weighted by Crippen LogP contribution is 2.39. The van der Waals surface area contributed by atoms with E-state index < -0.39 is 35.7 Å². The third kappa shape index (κ3) is 4.14. The quantitative estimate of drug-likeness (QED) is 0.705. The van der Waals surface area contributed by atoms with Gasteiger partial charge in [-0.3, -0.25) is 5.32 Å². The van der Waals surface area contributed by atoms with E-state index in [-0.39, 0.29) is 48.0 Å². The number of aliphatic hydroxyl groups is 1. The van der Waals surface area contributed by atoms with E-state index in [1.54, 1.807) is 13.0 Å². The van der Waals surface area contributed by atoms with Gasteiger partial charge in [0.25, 0.3) is 0 Å². The number of halogens is 4. The Bertz CT molecular complexity index is 1010. The zero-order valence-electron chi connectivity index (χ0n) is 16.7. The average molecular weight is 440 g/mol. The number of pyridine rings is 1. The number of carbonyl (C=O) groups excluding carboxylic acids is 1. The molecule has 11 heteroatoms. The standard InChI is InChI=1S/C20H20F4N4O3/c1-10(21)16-15-12(4-3-5-25-17(15)27-18(29)31-16)13-6-11(20(22,23)24)7-14(26-13)28-8-19(2,30)9-28/h4-7,10,16,30H,3,8-9H2,1-2H3,(H,27,29)/t10?,16-/m0/s1. The lowest BCUT2D eigenvalue weighted by atomic mass is 9.92.